The summed E-state index contributed by atoms with van der Waals surface area (Å²) in [7, 11) is 0. The molecule has 1 fully saturated rings. The van der Waals surface area contributed by atoms with E-state index in [1.807, 2.05) is 50.2 Å². The lowest BCUT2D eigenvalue weighted by atomic mass is 10.1. The molecule has 7 nitrogen and oxygen atoms in total. The summed E-state index contributed by atoms with van der Waals surface area (Å²) in [4.78, 5) is 14.5. The van der Waals surface area contributed by atoms with Gasteiger partial charge >= 0.3 is 0 Å². The number of rotatable bonds is 6. The number of anilines is 2. The van der Waals surface area contributed by atoms with Gasteiger partial charge < -0.3 is 14.7 Å². The Balaban J connectivity index is 1.34. The standard InChI is InChI=1S/C22H25N5O2/c1-15-19(16(2)29-26-15)9-12-22(28)23-18-7-5-17(6-8-18)20-10-11-21(25-24-20)27-13-3-4-14-27/h5-8,10-11H,3-4,9,12-14H2,1-2H3,(H,23,28). The van der Waals surface area contributed by atoms with Gasteiger partial charge in [0.05, 0.1) is 11.4 Å². The molecule has 2 aromatic heterocycles. The van der Waals surface area contributed by atoms with Gasteiger partial charge in [-0.1, -0.05) is 17.3 Å². The number of hydrogen-bond acceptors (Lipinski definition) is 6. The Morgan fingerprint density at radius 3 is 2.45 bits per heavy atom. The molecule has 1 N–H and O–H groups in total. The first-order valence-corrected chi connectivity index (χ1v) is 10.0. The largest absolute Gasteiger partial charge is 0.361 e. The first-order valence-electron chi connectivity index (χ1n) is 10.0. The summed E-state index contributed by atoms with van der Waals surface area (Å²) in [6, 6.07) is 11.7. The van der Waals surface area contributed by atoms with Crippen molar-refractivity contribution in [3.8, 4) is 11.3 Å². The number of carbonyl (C=O) groups excluding carboxylic acids is 1. The molecule has 1 amide bonds. The third-order valence-corrected chi connectivity index (χ3v) is 5.33. The zero-order chi connectivity index (χ0) is 20.2. The Labute approximate surface area is 170 Å². The third-order valence-electron chi connectivity index (χ3n) is 5.33. The highest BCUT2D eigenvalue weighted by atomic mass is 16.5. The Bertz CT molecular complexity index is 954. The number of carbonyl (C=O) groups is 1. The van der Waals surface area contributed by atoms with Crippen molar-refractivity contribution in [1.82, 2.24) is 15.4 Å². The van der Waals surface area contributed by atoms with Crippen LogP contribution in [-0.4, -0.2) is 34.4 Å². The molecule has 29 heavy (non-hydrogen) atoms. The molecule has 0 atom stereocenters. The smallest absolute Gasteiger partial charge is 0.224 e. The SMILES string of the molecule is Cc1noc(C)c1CCC(=O)Nc1ccc(-c2ccc(N3CCCC3)nn2)cc1. The summed E-state index contributed by atoms with van der Waals surface area (Å²) in [5.41, 5.74) is 4.41. The van der Waals surface area contributed by atoms with Crippen LogP contribution in [0.4, 0.5) is 11.5 Å². The summed E-state index contributed by atoms with van der Waals surface area (Å²) in [5, 5.41) is 15.6. The molecule has 1 aromatic carbocycles. The van der Waals surface area contributed by atoms with Crippen molar-refractivity contribution in [2.75, 3.05) is 23.3 Å². The lowest BCUT2D eigenvalue weighted by molar-refractivity contribution is -0.116. The maximum atomic E-state index is 12.3. The van der Waals surface area contributed by atoms with Crippen molar-refractivity contribution in [2.24, 2.45) is 0 Å². The van der Waals surface area contributed by atoms with E-state index in [9.17, 15) is 4.79 Å². The van der Waals surface area contributed by atoms with E-state index in [0.29, 0.717) is 12.8 Å². The highest BCUT2D eigenvalue weighted by Crippen LogP contribution is 2.22. The van der Waals surface area contributed by atoms with E-state index in [2.05, 4.69) is 25.6 Å². The second kappa shape index (κ2) is 8.43. The number of nitrogens with one attached hydrogen (secondary N) is 1. The first kappa shape index (κ1) is 19.1. The second-order valence-corrected chi connectivity index (χ2v) is 7.40. The Kier molecular flexibility index (Phi) is 5.55. The zero-order valence-corrected chi connectivity index (χ0v) is 16.8. The van der Waals surface area contributed by atoms with E-state index >= 15 is 0 Å². The van der Waals surface area contributed by atoms with E-state index < -0.39 is 0 Å². The predicted octanol–water partition coefficient (Wildman–Crippen LogP) is 3.92. The lowest BCUT2D eigenvalue weighted by Crippen LogP contribution is -2.19. The molecule has 7 heteroatoms. The molecule has 150 valence electrons. The minimum absolute atomic E-state index is 0.0347. The van der Waals surface area contributed by atoms with E-state index in [1.54, 1.807) is 0 Å². The molecule has 3 aromatic rings. The molecule has 0 radical (unpaired) electrons. The third kappa shape index (κ3) is 4.45. The fourth-order valence-electron chi connectivity index (χ4n) is 3.64. The molecule has 0 bridgehead atoms. The van der Waals surface area contributed by atoms with Crippen LogP contribution >= 0.6 is 0 Å². The predicted molar refractivity (Wildman–Crippen MR) is 112 cm³/mol. The molecule has 1 saturated heterocycles. The number of nitrogens with zero attached hydrogens (tertiary/aromatic N) is 4. The van der Waals surface area contributed by atoms with Crippen LogP contribution in [0, 0.1) is 13.8 Å². The minimum atomic E-state index is -0.0347. The maximum absolute atomic E-state index is 12.3. The van der Waals surface area contributed by atoms with Gasteiger partial charge in [-0.2, -0.15) is 0 Å². The van der Waals surface area contributed by atoms with Crippen LogP contribution in [0.5, 0.6) is 0 Å². The number of amides is 1. The van der Waals surface area contributed by atoms with Crippen LogP contribution in [0.1, 0.15) is 36.3 Å². The first-order chi connectivity index (χ1) is 14.1. The minimum Gasteiger partial charge on any atom is -0.361 e. The molecule has 4 rings (SSSR count). The van der Waals surface area contributed by atoms with E-state index in [1.165, 1.54) is 12.8 Å². The average molecular weight is 391 g/mol. The zero-order valence-electron chi connectivity index (χ0n) is 16.8. The van der Waals surface area contributed by atoms with Crippen molar-refractivity contribution < 1.29 is 9.32 Å². The molecular weight excluding hydrogens is 366 g/mol. The highest BCUT2D eigenvalue weighted by molar-refractivity contribution is 5.91. The van der Waals surface area contributed by atoms with Crippen molar-refractivity contribution in [3.05, 3.63) is 53.4 Å². The second-order valence-electron chi connectivity index (χ2n) is 7.40. The monoisotopic (exact) mass is 391 g/mol. The van der Waals surface area contributed by atoms with Crippen LogP contribution in [0.2, 0.25) is 0 Å². The number of benzene rings is 1. The van der Waals surface area contributed by atoms with Crippen LogP contribution in [0.15, 0.2) is 40.9 Å². The van der Waals surface area contributed by atoms with Gasteiger partial charge in [0.25, 0.3) is 0 Å². The van der Waals surface area contributed by atoms with Crippen molar-refractivity contribution in [2.45, 2.75) is 39.5 Å². The van der Waals surface area contributed by atoms with Gasteiger partial charge in [0.2, 0.25) is 5.91 Å². The molecule has 0 aliphatic carbocycles. The van der Waals surface area contributed by atoms with Crippen molar-refractivity contribution in [1.29, 1.82) is 0 Å². The van der Waals surface area contributed by atoms with Gasteiger partial charge in [-0.15, -0.1) is 10.2 Å². The molecule has 0 saturated carbocycles. The summed E-state index contributed by atoms with van der Waals surface area (Å²) in [5.74, 6) is 1.68. The molecule has 1 aliphatic heterocycles. The van der Waals surface area contributed by atoms with Gasteiger partial charge in [0.15, 0.2) is 5.82 Å². The Morgan fingerprint density at radius 2 is 1.83 bits per heavy atom. The van der Waals surface area contributed by atoms with Crippen molar-refractivity contribution in [3.63, 3.8) is 0 Å². The normalized spacial score (nSPS) is 13.7. The van der Waals surface area contributed by atoms with E-state index in [0.717, 1.165) is 52.9 Å². The molecule has 1 aliphatic rings. The molecular formula is C22H25N5O2. The lowest BCUT2D eigenvalue weighted by Gasteiger charge is -2.15. The van der Waals surface area contributed by atoms with Crippen LogP contribution in [0.3, 0.4) is 0 Å². The van der Waals surface area contributed by atoms with E-state index in [-0.39, 0.29) is 5.91 Å². The van der Waals surface area contributed by atoms with Gasteiger partial charge in [-0.05, 0) is 57.4 Å². The quantitative estimate of drug-likeness (QED) is 0.686. The topological polar surface area (TPSA) is 84.2 Å². The Morgan fingerprint density at radius 1 is 1.07 bits per heavy atom. The van der Waals surface area contributed by atoms with Crippen LogP contribution in [-0.2, 0) is 11.2 Å². The highest BCUT2D eigenvalue weighted by Gasteiger charge is 2.14. The van der Waals surface area contributed by atoms with Crippen LogP contribution in [0.25, 0.3) is 11.3 Å². The van der Waals surface area contributed by atoms with Gasteiger partial charge in [0, 0.05) is 36.3 Å². The summed E-state index contributed by atoms with van der Waals surface area (Å²) >= 11 is 0. The summed E-state index contributed by atoms with van der Waals surface area (Å²) in [6.45, 7) is 5.87. The number of aromatic nitrogens is 3. The van der Waals surface area contributed by atoms with E-state index in [4.69, 9.17) is 4.52 Å². The fraction of sp³-hybridized carbons (Fsp3) is 0.364. The van der Waals surface area contributed by atoms with Gasteiger partial charge in [-0.25, -0.2) is 0 Å². The Hall–Kier alpha value is -3.22. The number of hydrogen-bond donors (Lipinski definition) is 1. The molecule has 0 unspecified atom stereocenters. The average Bonchev–Trinajstić information content (AvgIpc) is 3.38. The summed E-state index contributed by atoms with van der Waals surface area (Å²) < 4.78 is 5.14. The summed E-state index contributed by atoms with van der Waals surface area (Å²) in [6.07, 6.45) is 3.43. The molecule has 0 spiro atoms. The molecule has 3 heterocycles. The van der Waals surface area contributed by atoms with Gasteiger partial charge in [0.1, 0.15) is 5.76 Å². The van der Waals surface area contributed by atoms with Crippen LogP contribution < -0.4 is 10.2 Å². The fourth-order valence-corrected chi connectivity index (χ4v) is 3.64. The number of aryl methyl sites for hydroxylation is 2. The maximum Gasteiger partial charge on any atom is 0.224 e. The van der Waals surface area contributed by atoms with Crippen molar-refractivity contribution >= 4 is 17.4 Å². The van der Waals surface area contributed by atoms with Gasteiger partial charge in [-0.3, -0.25) is 4.79 Å².